The van der Waals surface area contributed by atoms with Crippen molar-refractivity contribution in [2.45, 2.75) is 35.1 Å². The van der Waals surface area contributed by atoms with Crippen molar-refractivity contribution in [1.29, 1.82) is 0 Å². The third-order valence-electron chi connectivity index (χ3n) is 9.42. The molecular formula is C33H25Cl2FN2O5. The van der Waals surface area contributed by atoms with Crippen molar-refractivity contribution in [3.63, 3.8) is 0 Å². The van der Waals surface area contributed by atoms with Crippen LogP contribution in [0.3, 0.4) is 0 Å². The number of para-hydroxylation sites is 1. The van der Waals surface area contributed by atoms with Crippen molar-refractivity contribution in [2.75, 3.05) is 4.90 Å². The maximum absolute atomic E-state index is 14.3. The van der Waals surface area contributed by atoms with E-state index in [1.54, 1.807) is 18.2 Å². The first-order valence-electron chi connectivity index (χ1n) is 14.0. The summed E-state index contributed by atoms with van der Waals surface area (Å²) in [5.74, 6) is -6.31. The minimum Gasteiger partial charge on any atom is -0.508 e. The van der Waals surface area contributed by atoms with Crippen molar-refractivity contribution >= 4 is 52.5 Å². The quantitative estimate of drug-likeness (QED) is 0.243. The van der Waals surface area contributed by atoms with Gasteiger partial charge >= 0.3 is 0 Å². The molecule has 7 nitrogen and oxygen atoms in total. The van der Waals surface area contributed by atoms with E-state index in [2.05, 4.69) is 0 Å². The van der Waals surface area contributed by atoms with Gasteiger partial charge < -0.3 is 5.11 Å². The lowest BCUT2D eigenvalue weighted by atomic mass is 9.56. The Morgan fingerprint density at radius 3 is 2.21 bits per heavy atom. The molecule has 1 saturated carbocycles. The number of halogens is 3. The number of hydrogen-bond donors (Lipinski definition) is 1. The zero-order valence-corrected chi connectivity index (χ0v) is 24.1. The second kappa shape index (κ2) is 9.76. The number of hydrogen-bond acceptors (Lipinski definition) is 5. The normalized spacial score (nSPS) is 31.6. The second-order valence-electron chi connectivity index (χ2n) is 11.6. The molecule has 2 heterocycles. The Hall–Kier alpha value is -4.01. The number of likely N-dealkylation sites (tertiary alicyclic amines) is 1. The maximum Gasteiger partial charge on any atom is 0.258 e. The minimum atomic E-state index is -2.09. The molecule has 0 spiro atoms. The highest BCUT2D eigenvalue weighted by Gasteiger charge is 2.76. The van der Waals surface area contributed by atoms with Gasteiger partial charge in [-0.3, -0.25) is 24.1 Å². The highest BCUT2D eigenvalue weighted by Crippen LogP contribution is 2.66. The fourth-order valence-electron chi connectivity index (χ4n) is 7.46. The van der Waals surface area contributed by atoms with E-state index < -0.39 is 51.1 Å². The van der Waals surface area contributed by atoms with Crippen molar-refractivity contribution in [2.24, 2.45) is 17.8 Å². The van der Waals surface area contributed by atoms with Gasteiger partial charge in [-0.15, -0.1) is 23.2 Å². The number of phenolic OH excluding ortho intramolecular Hbond substituents is 1. The van der Waals surface area contributed by atoms with Crippen LogP contribution in [0.15, 0.2) is 90.5 Å². The molecule has 7 rings (SSSR count). The number of nitrogens with zero attached hydrogens (tertiary/aromatic N) is 2. The summed E-state index contributed by atoms with van der Waals surface area (Å²) in [7, 11) is 0. The highest BCUT2D eigenvalue weighted by molar-refractivity contribution is 6.58. The third kappa shape index (κ3) is 3.79. The molecule has 3 aromatic carbocycles. The summed E-state index contributed by atoms with van der Waals surface area (Å²) in [5.41, 5.74) is 1.75. The van der Waals surface area contributed by atoms with Gasteiger partial charge in [0.2, 0.25) is 11.8 Å². The average molecular weight is 619 g/mol. The lowest BCUT2D eigenvalue weighted by molar-refractivity contribution is -0.141. The molecule has 0 aromatic heterocycles. The molecule has 218 valence electrons. The molecule has 10 heteroatoms. The fraction of sp³-hybridized carbons (Fsp3) is 0.273. The Kier molecular flexibility index (Phi) is 6.31. The van der Waals surface area contributed by atoms with Crippen LogP contribution in [0.1, 0.15) is 29.9 Å². The number of imide groups is 2. The number of rotatable bonds is 4. The van der Waals surface area contributed by atoms with Crippen LogP contribution in [-0.2, 0) is 25.7 Å². The molecule has 0 unspecified atom stereocenters. The van der Waals surface area contributed by atoms with Gasteiger partial charge in [-0.1, -0.05) is 60.2 Å². The average Bonchev–Trinajstić information content (AvgIpc) is 3.32. The highest BCUT2D eigenvalue weighted by atomic mass is 35.5. The molecule has 4 aliphatic rings. The van der Waals surface area contributed by atoms with Gasteiger partial charge in [0.05, 0.1) is 24.1 Å². The summed E-state index contributed by atoms with van der Waals surface area (Å²) in [6.07, 6.45) is 1.86. The predicted octanol–water partition coefficient (Wildman–Crippen LogP) is 5.29. The lowest BCUT2D eigenvalue weighted by Crippen LogP contribution is -2.60. The standard InChI is InChI=1S/C33H25Cl2FN2O5/c34-32-16-24-21(14-15-23-26(24)29(41)37(28(23)40)17-18-6-2-1-3-7-18)27(22-8-4-5-9-25(22)39)33(32,35)31(43)38(30(32)42)20-12-10-19(36)11-13-20/h1-14,23-24,26-27,39H,15-17H2/t23-,24+,26-,27+,32+,33-/m0/s1. The summed E-state index contributed by atoms with van der Waals surface area (Å²) in [5, 5.41) is 11.0. The Balaban J connectivity index is 1.37. The van der Waals surface area contributed by atoms with Crippen LogP contribution in [0.4, 0.5) is 10.1 Å². The summed E-state index contributed by atoms with van der Waals surface area (Å²) in [6.45, 7) is 0.109. The molecule has 3 fully saturated rings. The predicted molar refractivity (Wildman–Crippen MR) is 157 cm³/mol. The number of phenols is 1. The smallest absolute Gasteiger partial charge is 0.258 e. The number of carbonyl (C=O) groups is 4. The van der Waals surface area contributed by atoms with Crippen molar-refractivity contribution < 1.29 is 28.7 Å². The number of carbonyl (C=O) groups excluding carboxylic acids is 4. The summed E-state index contributed by atoms with van der Waals surface area (Å²) < 4.78 is 13.8. The van der Waals surface area contributed by atoms with Crippen LogP contribution in [-0.4, -0.2) is 43.4 Å². The molecule has 4 amide bonds. The van der Waals surface area contributed by atoms with Crippen LogP contribution >= 0.6 is 23.2 Å². The third-order valence-corrected chi connectivity index (χ3v) is 10.8. The Bertz CT molecular complexity index is 1730. The molecule has 2 aliphatic carbocycles. The van der Waals surface area contributed by atoms with Gasteiger partial charge in [0, 0.05) is 11.5 Å². The zero-order valence-electron chi connectivity index (χ0n) is 22.6. The van der Waals surface area contributed by atoms with E-state index in [0.29, 0.717) is 5.57 Å². The Labute approximate surface area is 256 Å². The van der Waals surface area contributed by atoms with Gasteiger partial charge in [0.25, 0.3) is 11.8 Å². The van der Waals surface area contributed by atoms with Gasteiger partial charge in [-0.25, -0.2) is 9.29 Å². The number of amides is 4. The summed E-state index contributed by atoms with van der Waals surface area (Å²) >= 11 is 14.6. The number of aromatic hydroxyl groups is 1. The van der Waals surface area contributed by atoms with Crippen LogP contribution in [0, 0.1) is 23.6 Å². The molecule has 0 radical (unpaired) electrons. The summed E-state index contributed by atoms with van der Waals surface area (Å²) in [4.78, 5) is 54.1. The van der Waals surface area contributed by atoms with E-state index in [1.807, 2.05) is 36.4 Å². The molecule has 0 bridgehead atoms. The van der Waals surface area contributed by atoms with E-state index in [0.717, 1.165) is 22.6 Å². The van der Waals surface area contributed by atoms with E-state index in [4.69, 9.17) is 23.2 Å². The molecule has 6 atom stereocenters. The van der Waals surface area contributed by atoms with Crippen molar-refractivity contribution in [1.82, 2.24) is 4.90 Å². The zero-order chi connectivity index (χ0) is 30.3. The molecule has 2 saturated heterocycles. The fourth-order valence-corrected chi connectivity index (χ4v) is 8.39. The molecular weight excluding hydrogens is 594 g/mol. The van der Waals surface area contributed by atoms with E-state index in [-0.39, 0.29) is 48.2 Å². The van der Waals surface area contributed by atoms with Gasteiger partial charge in [-0.05, 0) is 54.7 Å². The molecule has 43 heavy (non-hydrogen) atoms. The number of benzene rings is 3. The van der Waals surface area contributed by atoms with E-state index in [9.17, 15) is 28.7 Å². The number of fused-ring (bicyclic) bond motifs is 4. The van der Waals surface area contributed by atoms with Crippen LogP contribution in [0.2, 0.25) is 0 Å². The van der Waals surface area contributed by atoms with Crippen LogP contribution < -0.4 is 4.90 Å². The van der Waals surface area contributed by atoms with Crippen LogP contribution in [0.5, 0.6) is 5.75 Å². The maximum atomic E-state index is 14.3. The second-order valence-corrected chi connectivity index (χ2v) is 12.8. The molecule has 3 aromatic rings. The molecule has 1 N–H and O–H groups in total. The first-order valence-corrected chi connectivity index (χ1v) is 14.7. The van der Waals surface area contributed by atoms with Gasteiger partial charge in [-0.2, -0.15) is 0 Å². The largest absolute Gasteiger partial charge is 0.508 e. The molecule has 2 aliphatic heterocycles. The lowest BCUT2D eigenvalue weighted by Gasteiger charge is -2.50. The topological polar surface area (TPSA) is 95.0 Å². The van der Waals surface area contributed by atoms with Gasteiger partial charge in [0.1, 0.15) is 11.6 Å². The Morgan fingerprint density at radius 2 is 1.51 bits per heavy atom. The first-order chi connectivity index (χ1) is 20.6. The number of alkyl halides is 2. The van der Waals surface area contributed by atoms with E-state index in [1.165, 1.54) is 23.1 Å². The van der Waals surface area contributed by atoms with Crippen molar-refractivity contribution in [3.05, 3.63) is 107 Å². The Morgan fingerprint density at radius 1 is 0.837 bits per heavy atom. The van der Waals surface area contributed by atoms with Crippen LogP contribution in [0.25, 0.3) is 0 Å². The number of anilines is 1. The first kappa shape index (κ1) is 27.8. The SMILES string of the molecule is O=C1[C@H]2[C@H](CC=C3[C@H]2C[C@@]2(Cl)C(=O)N(c4ccc(F)cc4)C(=O)[C@@]2(Cl)[C@H]3c2ccccc2O)C(=O)N1Cc1ccccc1. The van der Waals surface area contributed by atoms with E-state index >= 15 is 0 Å². The monoisotopic (exact) mass is 618 g/mol. The number of allylic oxidation sites excluding steroid dienone is 2. The minimum absolute atomic E-state index is 0.0952. The summed E-state index contributed by atoms with van der Waals surface area (Å²) in [6, 6.07) is 20.4. The van der Waals surface area contributed by atoms with Gasteiger partial charge in [0.15, 0.2) is 9.75 Å². The van der Waals surface area contributed by atoms with Crippen molar-refractivity contribution in [3.8, 4) is 5.75 Å².